The van der Waals surface area contributed by atoms with Crippen molar-refractivity contribution in [2.75, 3.05) is 7.05 Å². The number of ether oxygens (including phenoxy) is 1. The van der Waals surface area contributed by atoms with Gasteiger partial charge in [0, 0.05) is 13.5 Å². The first kappa shape index (κ1) is 11.0. The van der Waals surface area contributed by atoms with E-state index >= 15 is 0 Å². The van der Waals surface area contributed by atoms with Gasteiger partial charge in [-0.2, -0.15) is 0 Å². The lowest BCUT2D eigenvalue weighted by Crippen LogP contribution is -2.43. The van der Waals surface area contributed by atoms with Crippen LogP contribution in [0.1, 0.15) is 13.3 Å². The molecule has 86 valence electrons. The number of nitrogens with one attached hydrogen (secondary N) is 1. The average molecular weight is 232 g/mol. The molecular weight excluding hydrogens is 216 g/mol. The second-order valence-electron chi connectivity index (χ2n) is 3.88. The molecular formula is C9H16N2O3S. The van der Waals surface area contributed by atoms with E-state index in [0.29, 0.717) is 12.4 Å². The van der Waals surface area contributed by atoms with E-state index in [1.54, 1.807) is 14.0 Å². The minimum Gasteiger partial charge on any atom is -0.449 e. The third-order valence-corrected chi connectivity index (χ3v) is 4.37. The molecule has 2 heterocycles. The number of hydrogen-bond acceptors (Lipinski definition) is 6. The molecule has 0 aromatic rings. The predicted octanol–water partition coefficient (Wildman–Crippen LogP) is -0.466. The molecule has 0 spiro atoms. The Balaban J connectivity index is 2.03. The van der Waals surface area contributed by atoms with E-state index in [2.05, 4.69) is 10.3 Å². The van der Waals surface area contributed by atoms with Gasteiger partial charge in [0.2, 0.25) is 0 Å². The fourth-order valence-electron chi connectivity index (χ4n) is 1.90. The topological polar surface area (TPSA) is 74.1 Å². The van der Waals surface area contributed by atoms with Gasteiger partial charge in [0.15, 0.2) is 5.44 Å². The summed E-state index contributed by atoms with van der Waals surface area (Å²) in [6, 6.07) is 0.526. The zero-order valence-electron chi connectivity index (χ0n) is 8.75. The van der Waals surface area contributed by atoms with E-state index in [1.165, 1.54) is 11.8 Å². The molecule has 0 unspecified atom stereocenters. The second kappa shape index (κ2) is 4.19. The standard InChI is InChI=1S/C9H16N2O3S/c1-4(12)7-6(13)3-5-8(15-7)14-9(10-2)11-5/h4-8,12-13H,3H2,1-2H3,(H,10,11)/t4-,5+,6-,7+,8-/m0/s1. The van der Waals surface area contributed by atoms with Gasteiger partial charge in [0.25, 0.3) is 6.02 Å². The molecule has 5 nitrogen and oxygen atoms in total. The van der Waals surface area contributed by atoms with Crippen molar-refractivity contribution < 1.29 is 14.9 Å². The predicted molar refractivity (Wildman–Crippen MR) is 58.8 cm³/mol. The number of rotatable bonds is 1. The number of amidine groups is 1. The van der Waals surface area contributed by atoms with Crippen LogP contribution >= 0.6 is 11.8 Å². The quantitative estimate of drug-likeness (QED) is 0.570. The molecule has 0 aliphatic carbocycles. The van der Waals surface area contributed by atoms with Gasteiger partial charge in [-0.05, 0) is 6.92 Å². The maximum Gasteiger partial charge on any atom is 0.286 e. The fraction of sp³-hybridized carbons (Fsp3) is 0.889. The molecule has 1 saturated heterocycles. The third kappa shape index (κ3) is 2.07. The SMILES string of the molecule is CNC1=N[C@@H]2C[C@H](O)[C@@H]([C@H](C)O)S[C@@H]2O1. The van der Waals surface area contributed by atoms with E-state index in [-0.39, 0.29) is 16.7 Å². The van der Waals surface area contributed by atoms with Crippen LogP contribution in [-0.4, -0.2) is 52.2 Å². The van der Waals surface area contributed by atoms with Gasteiger partial charge in [0.05, 0.1) is 17.5 Å². The highest BCUT2D eigenvalue weighted by Gasteiger charge is 2.43. The Morgan fingerprint density at radius 2 is 2.40 bits per heavy atom. The summed E-state index contributed by atoms with van der Waals surface area (Å²) in [6.07, 6.45) is -0.494. The van der Waals surface area contributed by atoms with Crippen LogP contribution < -0.4 is 5.32 Å². The minimum atomic E-state index is -0.534. The molecule has 6 heteroatoms. The van der Waals surface area contributed by atoms with Crippen LogP contribution in [0.4, 0.5) is 0 Å². The molecule has 5 atom stereocenters. The Morgan fingerprint density at radius 1 is 1.67 bits per heavy atom. The van der Waals surface area contributed by atoms with Gasteiger partial charge in [0.1, 0.15) is 6.04 Å². The van der Waals surface area contributed by atoms with E-state index in [4.69, 9.17) is 4.74 Å². The second-order valence-corrected chi connectivity index (χ2v) is 5.16. The molecule has 1 fully saturated rings. The smallest absolute Gasteiger partial charge is 0.286 e. The highest BCUT2D eigenvalue weighted by Crippen LogP contribution is 2.38. The van der Waals surface area contributed by atoms with E-state index < -0.39 is 12.2 Å². The van der Waals surface area contributed by atoms with Crippen LogP contribution in [0, 0.1) is 0 Å². The van der Waals surface area contributed by atoms with Crippen molar-refractivity contribution >= 4 is 17.8 Å². The van der Waals surface area contributed by atoms with Gasteiger partial charge in [-0.25, -0.2) is 4.99 Å². The van der Waals surface area contributed by atoms with Crippen molar-refractivity contribution in [3.05, 3.63) is 0 Å². The van der Waals surface area contributed by atoms with Crippen LogP contribution in [-0.2, 0) is 4.74 Å². The van der Waals surface area contributed by atoms with Gasteiger partial charge in [-0.15, -0.1) is 11.8 Å². The molecule has 0 bridgehead atoms. The molecule has 3 N–H and O–H groups in total. The summed E-state index contributed by atoms with van der Waals surface area (Å²) in [5, 5.41) is 22.0. The summed E-state index contributed by atoms with van der Waals surface area (Å²) < 4.78 is 5.52. The molecule has 0 saturated carbocycles. The first-order chi connectivity index (χ1) is 7.11. The summed E-state index contributed by atoms with van der Waals surface area (Å²) in [5.41, 5.74) is -0.0737. The van der Waals surface area contributed by atoms with Crippen LogP contribution in [0.5, 0.6) is 0 Å². The molecule has 2 aliphatic rings. The molecule has 0 radical (unpaired) electrons. The summed E-state index contributed by atoms with van der Waals surface area (Å²) >= 11 is 1.46. The molecule has 0 amide bonds. The van der Waals surface area contributed by atoms with Gasteiger partial charge in [-0.3, -0.25) is 0 Å². The Labute approximate surface area is 92.9 Å². The number of aliphatic hydroxyl groups excluding tert-OH is 2. The number of fused-ring (bicyclic) bond motifs is 1. The lowest BCUT2D eigenvalue weighted by atomic mass is 10.0. The van der Waals surface area contributed by atoms with Gasteiger partial charge < -0.3 is 20.3 Å². The van der Waals surface area contributed by atoms with Crippen LogP contribution in [0.3, 0.4) is 0 Å². The molecule has 0 aromatic heterocycles. The Morgan fingerprint density at radius 3 is 3.00 bits per heavy atom. The Kier molecular flexibility index (Phi) is 3.08. The number of hydrogen-bond donors (Lipinski definition) is 3. The highest BCUT2D eigenvalue weighted by atomic mass is 32.2. The van der Waals surface area contributed by atoms with Crippen molar-refractivity contribution in [3.8, 4) is 0 Å². The molecule has 2 aliphatic heterocycles. The zero-order valence-corrected chi connectivity index (χ0v) is 9.57. The summed E-state index contributed by atoms with van der Waals surface area (Å²) in [5.74, 6) is 0. The first-order valence-corrected chi connectivity index (χ1v) is 6.00. The van der Waals surface area contributed by atoms with Crippen molar-refractivity contribution in [1.29, 1.82) is 0 Å². The summed E-state index contributed by atoms with van der Waals surface area (Å²) in [7, 11) is 1.75. The van der Waals surface area contributed by atoms with E-state index in [9.17, 15) is 10.2 Å². The maximum atomic E-state index is 9.82. The number of thioether (sulfide) groups is 1. The van der Waals surface area contributed by atoms with E-state index in [1.807, 2.05) is 0 Å². The Hall–Kier alpha value is -0.460. The van der Waals surface area contributed by atoms with Crippen molar-refractivity contribution in [3.63, 3.8) is 0 Å². The fourth-order valence-corrected chi connectivity index (χ4v) is 3.23. The van der Waals surface area contributed by atoms with Gasteiger partial charge in [-0.1, -0.05) is 0 Å². The van der Waals surface area contributed by atoms with Crippen molar-refractivity contribution in [2.45, 2.75) is 42.3 Å². The number of aliphatic imine (C=N–C) groups is 1. The normalized spacial score (nSPS) is 41.5. The molecule has 2 rings (SSSR count). The van der Waals surface area contributed by atoms with Crippen molar-refractivity contribution in [2.24, 2.45) is 4.99 Å². The minimum absolute atomic E-state index is 0.00227. The maximum absolute atomic E-state index is 9.82. The monoisotopic (exact) mass is 232 g/mol. The number of nitrogens with zero attached hydrogens (tertiary/aromatic N) is 1. The van der Waals surface area contributed by atoms with Crippen LogP contribution in [0.2, 0.25) is 0 Å². The van der Waals surface area contributed by atoms with Gasteiger partial charge >= 0.3 is 0 Å². The molecule has 0 aromatic carbocycles. The van der Waals surface area contributed by atoms with Crippen molar-refractivity contribution in [1.82, 2.24) is 5.32 Å². The lowest BCUT2D eigenvalue weighted by Gasteiger charge is -2.34. The van der Waals surface area contributed by atoms with E-state index in [0.717, 1.165) is 0 Å². The lowest BCUT2D eigenvalue weighted by molar-refractivity contribution is 0.0746. The average Bonchev–Trinajstić information content (AvgIpc) is 2.58. The highest BCUT2D eigenvalue weighted by molar-refractivity contribution is 8.00. The Bertz CT molecular complexity index is 272. The summed E-state index contributed by atoms with van der Waals surface area (Å²) in [6.45, 7) is 1.69. The molecule has 15 heavy (non-hydrogen) atoms. The third-order valence-electron chi connectivity index (χ3n) is 2.67. The van der Waals surface area contributed by atoms with Crippen LogP contribution in [0.15, 0.2) is 4.99 Å². The largest absolute Gasteiger partial charge is 0.449 e. The first-order valence-electron chi connectivity index (χ1n) is 5.05. The number of aliphatic hydroxyl groups is 2. The van der Waals surface area contributed by atoms with Crippen LogP contribution in [0.25, 0.3) is 0 Å². The zero-order chi connectivity index (χ0) is 11.0. The summed E-state index contributed by atoms with van der Waals surface area (Å²) in [4.78, 5) is 4.29.